The van der Waals surface area contributed by atoms with Crippen molar-refractivity contribution in [2.75, 3.05) is 6.54 Å². The highest BCUT2D eigenvalue weighted by Crippen LogP contribution is 2.33. The van der Waals surface area contributed by atoms with Gasteiger partial charge >= 0.3 is 0 Å². The van der Waals surface area contributed by atoms with Crippen LogP contribution in [-0.2, 0) is 0 Å². The van der Waals surface area contributed by atoms with E-state index in [1.54, 1.807) is 6.20 Å². The third kappa shape index (κ3) is 3.64. The number of piperidine rings is 1. The smallest absolute Gasteiger partial charge is 0.273 e. The molecule has 4 heterocycles. The molecule has 3 aromatic rings. The predicted molar refractivity (Wildman–Crippen MR) is 108 cm³/mol. The van der Waals surface area contributed by atoms with Gasteiger partial charge < -0.3 is 9.42 Å². The standard InChI is InChI=1S/C22H25N5O2/c1-13-8-7-10-23-20(13)22(28)27-11-6-5-9-18(27)17-12-14(2)24-21(25-17)19-15(3)26-29-16(19)4/h7-8,10,12,18H,5-6,9,11H2,1-4H3/t18-/m0/s1. The van der Waals surface area contributed by atoms with Crippen LogP contribution in [0.2, 0.25) is 0 Å². The van der Waals surface area contributed by atoms with Gasteiger partial charge in [0.15, 0.2) is 5.82 Å². The molecule has 0 radical (unpaired) electrons. The van der Waals surface area contributed by atoms with Crippen molar-refractivity contribution in [1.82, 2.24) is 25.0 Å². The van der Waals surface area contributed by atoms with Crippen LogP contribution in [0.1, 0.15) is 64.2 Å². The third-order valence-electron chi connectivity index (χ3n) is 5.45. The predicted octanol–water partition coefficient (Wildman–Crippen LogP) is 4.13. The Morgan fingerprint density at radius 1 is 1.17 bits per heavy atom. The molecule has 0 saturated carbocycles. The first-order valence-corrected chi connectivity index (χ1v) is 9.97. The summed E-state index contributed by atoms with van der Waals surface area (Å²) < 4.78 is 5.30. The Balaban J connectivity index is 1.74. The van der Waals surface area contributed by atoms with Crippen molar-refractivity contribution < 1.29 is 9.32 Å². The molecule has 0 aromatic carbocycles. The SMILES string of the molecule is Cc1cc([C@@H]2CCCCN2C(=O)c2ncccc2C)nc(-c2c(C)noc2C)n1. The van der Waals surface area contributed by atoms with Crippen LogP contribution in [0.3, 0.4) is 0 Å². The molecule has 0 unspecified atom stereocenters. The van der Waals surface area contributed by atoms with E-state index in [2.05, 4.69) is 15.1 Å². The molecule has 7 heteroatoms. The molecule has 1 amide bonds. The maximum absolute atomic E-state index is 13.3. The second-order valence-electron chi connectivity index (χ2n) is 7.64. The molecule has 4 rings (SSSR count). The van der Waals surface area contributed by atoms with Gasteiger partial charge in [-0.1, -0.05) is 11.2 Å². The molecule has 1 fully saturated rings. The van der Waals surface area contributed by atoms with Crippen LogP contribution < -0.4 is 0 Å². The minimum absolute atomic E-state index is 0.0389. The number of carbonyl (C=O) groups excluding carboxylic acids is 1. The van der Waals surface area contributed by atoms with Crippen molar-refractivity contribution in [2.45, 2.75) is 53.0 Å². The van der Waals surface area contributed by atoms with Crippen molar-refractivity contribution in [3.8, 4) is 11.4 Å². The van der Waals surface area contributed by atoms with Gasteiger partial charge in [-0.25, -0.2) is 9.97 Å². The lowest BCUT2D eigenvalue weighted by Gasteiger charge is -2.35. The minimum Gasteiger partial charge on any atom is -0.361 e. The van der Waals surface area contributed by atoms with E-state index >= 15 is 0 Å². The van der Waals surface area contributed by atoms with Crippen LogP contribution in [-0.4, -0.2) is 37.5 Å². The summed E-state index contributed by atoms with van der Waals surface area (Å²) in [6.07, 6.45) is 4.58. The lowest BCUT2D eigenvalue weighted by molar-refractivity contribution is 0.0599. The van der Waals surface area contributed by atoms with Crippen molar-refractivity contribution in [3.05, 3.63) is 58.5 Å². The molecule has 1 saturated heterocycles. The van der Waals surface area contributed by atoms with Crippen molar-refractivity contribution >= 4 is 5.91 Å². The number of nitrogens with zero attached hydrogens (tertiary/aromatic N) is 5. The molecular weight excluding hydrogens is 366 g/mol. The number of hydrogen-bond acceptors (Lipinski definition) is 6. The van der Waals surface area contributed by atoms with E-state index in [9.17, 15) is 4.79 Å². The molecule has 3 aromatic heterocycles. The Morgan fingerprint density at radius 2 is 2.00 bits per heavy atom. The Labute approximate surface area is 170 Å². The maximum atomic E-state index is 13.3. The van der Waals surface area contributed by atoms with E-state index in [4.69, 9.17) is 9.51 Å². The van der Waals surface area contributed by atoms with E-state index in [0.29, 0.717) is 23.8 Å². The average molecular weight is 391 g/mol. The number of likely N-dealkylation sites (tertiary alicyclic amines) is 1. The van der Waals surface area contributed by atoms with Crippen molar-refractivity contribution in [2.24, 2.45) is 0 Å². The van der Waals surface area contributed by atoms with Gasteiger partial charge in [0, 0.05) is 18.4 Å². The number of amides is 1. The molecule has 7 nitrogen and oxygen atoms in total. The van der Waals surface area contributed by atoms with E-state index in [-0.39, 0.29) is 11.9 Å². The fourth-order valence-corrected chi connectivity index (χ4v) is 4.01. The highest BCUT2D eigenvalue weighted by Gasteiger charge is 2.31. The van der Waals surface area contributed by atoms with Crippen LogP contribution >= 0.6 is 0 Å². The first-order valence-electron chi connectivity index (χ1n) is 9.97. The fraction of sp³-hybridized carbons (Fsp3) is 0.409. The van der Waals surface area contributed by atoms with Gasteiger partial charge in [0.2, 0.25) is 0 Å². The Hall–Kier alpha value is -3.09. The first-order chi connectivity index (χ1) is 14.0. The van der Waals surface area contributed by atoms with E-state index in [1.807, 2.05) is 50.8 Å². The third-order valence-corrected chi connectivity index (χ3v) is 5.45. The lowest BCUT2D eigenvalue weighted by atomic mass is 9.97. The van der Waals surface area contributed by atoms with Gasteiger partial charge in [0.1, 0.15) is 11.5 Å². The number of aryl methyl sites for hydroxylation is 4. The summed E-state index contributed by atoms with van der Waals surface area (Å²) in [6.45, 7) is 8.32. The quantitative estimate of drug-likeness (QED) is 0.667. The van der Waals surface area contributed by atoms with Crippen LogP contribution in [0.25, 0.3) is 11.4 Å². The number of carbonyl (C=O) groups is 1. The number of pyridine rings is 1. The topological polar surface area (TPSA) is 85.0 Å². The Kier molecular flexibility index (Phi) is 5.13. The summed E-state index contributed by atoms with van der Waals surface area (Å²) in [4.78, 5) is 29.0. The van der Waals surface area contributed by atoms with E-state index in [1.165, 1.54) is 0 Å². The molecule has 0 spiro atoms. The molecule has 1 aliphatic heterocycles. The molecule has 150 valence electrons. The molecule has 29 heavy (non-hydrogen) atoms. The summed E-state index contributed by atoms with van der Waals surface area (Å²) in [7, 11) is 0. The van der Waals surface area contributed by atoms with Crippen LogP contribution in [0.5, 0.6) is 0 Å². The molecule has 0 bridgehead atoms. The van der Waals surface area contributed by atoms with Gasteiger partial charge in [-0.2, -0.15) is 0 Å². The van der Waals surface area contributed by atoms with Gasteiger partial charge in [0.05, 0.1) is 23.0 Å². The zero-order valence-corrected chi connectivity index (χ0v) is 17.3. The lowest BCUT2D eigenvalue weighted by Crippen LogP contribution is -2.39. The van der Waals surface area contributed by atoms with Gasteiger partial charge in [-0.3, -0.25) is 9.78 Å². The highest BCUT2D eigenvalue weighted by molar-refractivity contribution is 5.94. The van der Waals surface area contributed by atoms with Crippen LogP contribution in [0, 0.1) is 27.7 Å². The summed E-state index contributed by atoms with van der Waals surface area (Å²) in [5, 5.41) is 4.03. The van der Waals surface area contributed by atoms with Gasteiger partial charge in [-0.15, -0.1) is 0 Å². The molecule has 0 N–H and O–H groups in total. The van der Waals surface area contributed by atoms with E-state index in [0.717, 1.165) is 47.5 Å². The molecule has 0 aliphatic carbocycles. The minimum atomic E-state index is -0.0985. The first kappa shape index (κ1) is 19.2. The van der Waals surface area contributed by atoms with Gasteiger partial charge in [-0.05, 0) is 64.7 Å². The van der Waals surface area contributed by atoms with Crippen molar-refractivity contribution in [1.29, 1.82) is 0 Å². The average Bonchev–Trinajstić information content (AvgIpc) is 3.05. The van der Waals surface area contributed by atoms with Crippen LogP contribution in [0.15, 0.2) is 28.9 Å². The second-order valence-corrected chi connectivity index (χ2v) is 7.64. The van der Waals surface area contributed by atoms with Crippen LogP contribution in [0.4, 0.5) is 0 Å². The largest absolute Gasteiger partial charge is 0.361 e. The summed E-state index contributed by atoms with van der Waals surface area (Å²) in [5.74, 6) is 1.26. The Morgan fingerprint density at radius 3 is 2.72 bits per heavy atom. The zero-order valence-electron chi connectivity index (χ0n) is 17.3. The van der Waals surface area contributed by atoms with Gasteiger partial charge in [0.25, 0.3) is 5.91 Å². The zero-order chi connectivity index (χ0) is 20.5. The molecular formula is C22H25N5O2. The summed E-state index contributed by atoms with van der Waals surface area (Å²) in [5.41, 5.74) is 4.70. The summed E-state index contributed by atoms with van der Waals surface area (Å²) >= 11 is 0. The number of rotatable bonds is 3. The normalized spacial score (nSPS) is 16.8. The molecule has 1 aliphatic rings. The van der Waals surface area contributed by atoms with Crippen molar-refractivity contribution in [3.63, 3.8) is 0 Å². The number of hydrogen-bond donors (Lipinski definition) is 0. The maximum Gasteiger partial charge on any atom is 0.273 e. The monoisotopic (exact) mass is 391 g/mol. The highest BCUT2D eigenvalue weighted by atomic mass is 16.5. The van der Waals surface area contributed by atoms with E-state index < -0.39 is 0 Å². The summed E-state index contributed by atoms with van der Waals surface area (Å²) in [6, 6.07) is 5.65. The second kappa shape index (κ2) is 7.73. The Bertz CT molecular complexity index is 1040. The number of aromatic nitrogens is 4. The molecule has 1 atom stereocenters. The fourth-order valence-electron chi connectivity index (χ4n) is 4.01.